The van der Waals surface area contributed by atoms with E-state index in [2.05, 4.69) is 90.8 Å². The molecule has 0 aliphatic rings. The first-order valence-electron chi connectivity index (χ1n) is 9.52. The molecule has 0 aliphatic heterocycles. The van der Waals surface area contributed by atoms with Crippen molar-refractivity contribution < 1.29 is 0 Å². The number of H-pyrrole nitrogens is 1. The summed E-state index contributed by atoms with van der Waals surface area (Å²) in [5.41, 5.74) is 4.59. The molecule has 3 aromatic carbocycles. The van der Waals surface area contributed by atoms with E-state index in [0.29, 0.717) is 0 Å². The van der Waals surface area contributed by atoms with Crippen molar-refractivity contribution in [2.75, 3.05) is 0 Å². The van der Waals surface area contributed by atoms with E-state index in [1.807, 2.05) is 18.5 Å². The third-order valence-corrected chi connectivity index (χ3v) is 5.30. The van der Waals surface area contributed by atoms with Crippen molar-refractivity contribution in [3.8, 4) is 23.0 Å². The monoisotopic (exact) mass is 375 g/mol. The summed E-state index contributed by atoms with van der Waals surface area (Å²) in [7, 11) is 0. The number of fused-ring (bicyclic) bond motifs is 3. The number of nitrogens with one attached hydrogen (secondary N) is 1. The maximum absolute atomic E-state index is 4.49. The minimum atomic E-state index is 0.752. The molecule has 0 radical (unpaired) electrons. The molecule has 6 aromatic rings. The zero-order chi connectivity index (χ0) is 19.2. The highest BCUT2D eigenvalue weighted by Crippen LogP contribution is 2.33. The standard InChI is InChI=1S/C24H17N5/c1-2-6-17(7-3-1)29-21-9-5-4-8-19(21)20-16-18(10-11-22(20)29)28-15-14-27-24(28)23-25-12-13-26-23/h1-16H,(H,25,26). The molecule has 0 spiro atoms. The minimum Gasteiger partial charge on any atom is -0.342 e. The lowest BCUT2D eigenvalue weighted by molar-refractivity contribution is 1.04. The van der Waals surface area contributed by atoms with Gasteiger partial charge in [0.2, 0.25) is 0 Å². The maximum Gasteiger partial charge on any atom is 0.180 e. The summed E-state index contributed by atoms with van der Waals surface area (Å²) in [4.78, 5) is 12.0. The summed E-state index contributed by atoms with van der Waals surface area (Å²) in [5, 5.41) is 2.44. The first-order valence-corrected chi connectivity index (χ1v) is 9.52. The van der Waals surface area contributed by atoms with E-state index in [9.17, 15) is 0 Å². The van der Waals surface area contributed by atoms with Crippen LogP contribution < -0.4 is 0 Å². The van der Waals surface area contributed by atoms with Gasteiger partial charge in [0.15, 0.2) is 11.6 Å². The van der Waals surface area contributed by atoms with E-state index in [1.54, 1.807) is 12.4 Å². The molecule has 3 heterocycles. The topological polar surface area (TPSA) is 51.4 Å². The van der Waals surface area contributed by atoms with Crippen molar-refractivity contribution in [1.29, 1.82) is 0 Å². The smallest absolute Gasteiger partial charge is 0.180 e. The normalized spacial score (nSPS) is 11.4. The number of imidazole rings is 2. The van der Waals surface area contributed by atoms with E-state index in [-0.39, 0.29) is 0 Å². The van der Waals surface area contributed by atoms with Gasteiger partial charge in [0.1, 0.15) is 0 Å². The summed E-state index contributed by atoms with van der Waals surface area (Å²) in [5.74, 6) is 1.54. The lowest BCUT2D eigenvalue weighted by Gasteiger charge is -2.09. The van der Waals surface area contributed by atoms with E-state index in [1.165, 1.54) is 21.8 Å². The molecule has 0 amide bonds. The third kappa shape index (κ3) is 2.41. The SMILES string of the molecule is c1ccc(-n2c3ccccc3c3cc(-n4ccnc4-c4ncc[nH]4)ccc32)cc1. The summed E-state index contributed by atoms with van der Waals surface area (Å²) in [6, 6.07) is 25.6. The largest absolute Gasteiger partial charge is 0.342 e. The van der Waals surface area contributed by atoms with Gasteiger partial charge in [-0.2, -0.15) is 0 Å². The molecule has 0 saturated carbocycles. The summed E-state index contributed by atoms with van der Waals surface area (Å²) in [6.07, 6.45) is 7.32. The fourth-order valence-electron chi connectivity index (χ4n) is 4.04. The number of aromatic nitrogens is 5. The molecule has 5 heteroatoms. The predicted octanol–water partition coefficient (Wildman–Crippen LogP) is 5.36. The fraction of sp³-hybridized carbons (Fsp3) is 0. The van der Waals surface area contributed by atoms with E-state index in [0.717, 1.165) is 23.0 Å². The molecule has 0 atom stereocenters. The van der Waals surface area contributed by atoms with Crippen LogP contribution >= 0.6 is 0 Å². The Bertz CT molecular complexity index is 1440. The summed E-state index contributed by atoms with van der Waals surface area (Å²) in [6.45, 7) is 0. The van der Waals surface area contributed by atoms with Crippen LogP contribution in [0.5, 0.6) is 0 Å². The highest BCUT2D eigenvalue weighted by atomic mass is 15.1. The van der Waals surface area contributed by atoms with Crippen LogP contribution in [0.1, 0.15) is 0 Å². The van der Waals surface area contributed by atoms with Gasteiger partial charge in [0.05, 0.1) is 11.0 Å². The molecule has 6 rings (SSSR count). The van der Waals surface area contributed by atoms with Crippen molar-refractivity contribution in [1.82, 2.24) is 24.1 Å². The Hall–Kier alpha value is -4.12. The van der Waals surface area contributed by atoms with Gasteiger partial charge in [-0.3, -0.25) is 4.57 Å². The lowest BCUT2D eigenvalue weighted by Crippen LogP contribution is -1.98. The zero-order valence-electron chi connectivity index (χ0n) is 15.5. The highest BCUT2D eigenvalue weighted by Gasteiger charge is 2.15. The Morgan fingerprint density at radius 1 is 0.690 bits per heavy atom. The summed E-state index contributed by atoms with van der Waals surface area (Å²) >= 11 is 0. The van der Waals surface area contributed by atoms with Crippen LogP contribution in [0.15, 0.2) is 97.6 Å². The molecular weight excluding hydrogens is 358 g/mol. The van der Waals surface area contributed by atoms with Gasteiger partial charge in [0.25, 0.3) is 0 Å². The fourth-order valence-corrected chi connectivity index (χ4v) is 4.04. The van der Waals surface area contributed by atoms with Crippen molar-refractivity contribution in [3.63, 3.8) is 0 Å². The summed E-state index contributed by atoms with van der Waals surface area (Å²) < 4.78 is 4.38. The number of para-hydroxylation sites is 2. The Labute approximate surface area is 166 Å². The van der Waals surface area contributed by atoms with E-state index < -0.39 is 0 Å². The predicted molar refractivity (Wildman–Crippen MR) is 115 cm³/mol. The van der Waals surface area contributed by atoms with Crippen LogP contribution in [0.3, 0.4) is 0 Å². The number of rotatable bonds is 3. The molecule has 0 aliphatic carbocycles. The second kappa shape index (κ2) is 6.21. The van der Waals surface area contributed by atoms with Gasteiger partial charge in [-0.05, 0) is 36.4 Å². The van der Waals surface area contributed by atoms with Gasteiger partial charge in [0, 0.05) is 46.9 Å². The van der Waals surface area contributed by atoms with Gasteiger partial charge in [-0.25, -0.2) is 9.97 Å². The Kier molecular flexibility index (Phi) is 3.40. The van der Waals surface area contributed by atoms with Crippen LogP contribution in [0, 0.1) is 0 Å². The van der Waals surface area contributed by atoms with Gasteiger partial charge >= 0.3 is 0 Å². The molecule has 5 nitrogen and oxygen atoms in total. The zero-order valence-corrected chi connectivity index (χ0v) is 15.5. The molecule has 1 N–H and O–H groups in total. The first-order chi connectivity index (χ1) is 14.4. The van der Waals surface area contributed by atoms with Crippen LogP contribution in [0.2, 0.25) is 0 Å². The van der Waals surface area contributed by atoms with Crippen LogP contribution in [0.25, 0.3) is 44.8 Å². The van der Waals surface area contributed by atoms with E-state index >= 15 is 0 Å². The number of benzene rings is 3. The number of aromatic amines is 1. The molecule has 0 fully saturated rings. The molecule has 0 saturated heterocycles. The van der Waals surface area contributed by atoms with E-state index in [4.69, 9.17) is 0 Å². The second-order valence-electron chi connectivity index (χ2n) is 6.95. The second-order valence-corrected chi connectivity index (χ2v) is 6.95. The molecule has 29 heavy (non-hydrogen) atoms. The van der Waals surface area contributed by atoms with Crippen molar-refractivity contribution in [3.05, 3.63) is 97.6 Å². The highest BCUT2D eigenvalue weighted by molar-refractivity contribution is 6.09. The Morgan fingerprint density at radius 3 is 2.38 bits per heavy atom. The minimum absolute atomic E-state index is 0.752. The lowest BCUT2D eigenvalue weighted by atomic mass is 10.1. The number of nitrogens with zero attached hydrogens (tertiary/aromatic N) is 4. The molecule has 3 aromatic heterocycles. The maximum atomic E-state index is 4.49. The number of hydrogen-bond acceptors (Lipinski definition) is 2. The van der Waals surface area contributed by atoms with Crippen molar-refractivity contribution in [2.45, 2.75) is 0 Å². The third-order valence-electron chi connectivity index (χ3n) is 5.30. The van der Waals surface area contributed by atoms with Gasteiger partial charge < -0.3 is 9.55 Å². The molecule has 138 valence electrons. The molecular formula is C24H17N5. The quantitative estimate of drug-likeness (QED) is 0.453. The molecule has 0 unspecified atom stereocenters. The first kappa shape index (κ1) is 15.9. The van der Waals surface area contributed by atoms with Crippen molar-refractivity contribution >= 4 is 21.8 Å². The van der Waals surface area contributed by atoms with Crippen molar-refractivity contribution in [2.24, 2.45) is 0 Å². The van der Waals surface area contributed by atoms with Crippen LogP contribution in [-0.4, -0.2) is 24.1 Å². The Morgan fingerprint density at radius 2 is 1.52 bits per heavy atom. The average molecular weight is 375 g/mol. The Balaban J connectivity index is 1.63. The van der Waals surface area contributed by atoms with Gasteiger partial charge in [-0.15, -0.1) is 0 Å². The molecule has 0 bridgehead atoms. The van der Waals surface area contributed by atoms with Gasteiger partial charge in [-0.1, -0.05) is 36.4 Å². The average Bonchev–Trinajstić information content (AvgIpc) is 3.52. The van der Waals surface area contributed by atoms with Crippen LogP contribution in [0.4, 0.5) is 0 Å². The number of hydrogen-bond donors (Lipinski definition) is 1. The van der Waals surface area contributed by atoms with Crippen LogP contribution in [-0.2, 0) is 0 Å².